The van der Waals surface area contributed by atoms with E-state index in [0.717, 1.165) is 47.9 Å². The van der Waals surface area contributed by atoms with Crippen molar-refractivity contribution in [3.8, 4) is 0 Å². The second-order valence-electron chi connectivity index (χ2n) is 7.91. The minimum Gasteiger partial charge on any atom is -0.340 e. The van der Waals surface area contributed by atoms with Gasteiger partial charge in [0.2, 0.25) is 5.95 Å². The maximum absolute atomic E-state index is 13.4. The van der Waals surface area contributed by atoms with Gasteiger partial charge in [-0.1, -0.05) is 18.2 Å². The highest BCUT2D eigenvalue weighted by Crippen LogP contribution is 2.34. The molecule has 2 aliphatic rings. The van der Waals surface area contributed by atoms with Gasteiger partial charge in [0, 0.05) is 54.1 Å². The highest BCUT2D eigenvalue weighted by molar-refractivity contribution is 6.09. The summed E-state index contributed by atoms with van der Waals surface area (Å²) in [6, 6.07) is 11.5. The maximum Gasteiger partial charge on any atom is 0.225 e. The van der Waals surface area contributed by atoms with Crippen LogP contribution in [-0.4, -0.2) is 46.4 Å². The third-order valence-corrected chi connectivity index (χ3v) is 5.95. The second kappa shape index (κ2) is 6.63. The molecule has 0 bridgehead atoms. The van der Waals surface area contributed by atoms with Crippen LogP contribution in [-0.2, 0) is 0 Å². The smallest absolute Gasteiger partial charge is 0.225 e. The predicted octanol–water partition coefficient (Wildman–Crippen LogP) is 2.55. The Balaban J connectivity index is 1.42. The fourth-order valence-electron chi connectivity index (χ4n) is 4.69. The van der Waals surface area contributed by atoms with Crippen LogP contribution in [0.3, 0.4) is 0 Å². The zero-order valence-electron chi connectivity index (χ0n) is 16.1. The lowest BCUT2D eigenvalue weighted by molar-refractivity contribution is 0.0932. The topological polar surface area (TPSA) is 71.0 Å². The number of hydrogen-bond acceptors (Lipinski definition) is 6. The van der Waals surface area contributed by atoms with Crippen LogP contribution < -0.4 is 10.2 Å². The van der Waals surface area contributed by atoms with E-state index >= 15 is 0 Å². The van der Waals surface area contributed by atoms with Crippen molar-refractivity contribution in [3.63, 3.8) is 0 Å². The number of carbonyl (C=O) groups is 1. The standard InChI is InChI=1S/C22H23N5O/c1-13-9-14(2)26-22(25-13)27-11-16-10-24-20(18(16)12-27)21(28)17-7-3-5-15-6-4-8-23-19(15)17/h3-9,16,18,20,24H,10-12H2,1-2H3. The van der Waals surface area contributed by atoms with Gasteiger partial charge >= 0.3 is 0 Å². The molecule has 6 nitrogen and oxygen atoms in total. The summed E-state index contributed by atoms with van der Waals surface area (Å²) in [5.41, 5.74) is 3.45. The van der Waals surface area contributed by atoms with Gasteiger partial charge in [0.15, 0.2) is 5.78 Å². The van der Waals surface area contributed by atoms with Crippen molar-refractivity contribution in [1.29, 1.82) is 0 Å². The molecule has 2 saturated heterocycles. The number of para-hydroxylation sites is 1. The van der Waals surface area contributed by atoms with Gasteiger partial charge in [-0.05, 0) is 38.0 Å². The SMILES string of the molecule is Cc1cc(C)nc(N2CC3CNC(C(=O)c4cccc5cccnc45)C3C2)n1. The number of fused-ring (bicyclic) bond motifs is 2. The second-order valence-corrected chi connectivity index (χ2v) is 7.91. The Labute approximate surface area is 164 Å². The predicted molar refractivity (Wildman–Crippen MR) is 109 cm³/mol. The van der Waals surface area contributed by atoms with Gasteiger partial charge in [0.1, 0.15) is 0 Å². The van der Waals surface area contributed by atoms with E-state index in [2.05, 4.69) is 25.2 Å². The van der Waals surface area contributed by atoms with E-state index in [1.54, 1.807) is 6.20 Å². The first-order valence-corrected chi connectivity index (χ1v) is 9.79. The molecule has 3 atom stereocenters. The molecule has 0 spiro atoms. The Morgan fingerprint density at radius 2 is 1.89 bits per heavy atom. The number of aromatic nitrogens is 3. The molecule has 3 unspecified atom stereocenters. The number of nitrogens with zero attached hydrogens (tertiary/aromatic N) is 4. The summed E-state index contributed by atoms with van der Waals surface area (Å²) in [5, 5.41) is 4.47. The number of ketones is 1. The van der Waals surface area contributed by atoms with Gasteiger partial charge in [-0.3, -0.25) is 9.78 Å². The van der Waals surface area contributed by atoms with E-state index in [1.807, 2.05) is 50.2 Å². The fraction of sp³-hybridized carbons (Fsp3) is 0.364. The molecule has 1 N–H and O–H groups in total. The zero-order chi connectivity index (χ0) is 19.3. The summed E-state index contributed by atoms with van der Waals surface area (Å²) < 4.78 is 0. The maximum atomic E-state index is 13.4. The Morgan fingerprint density at radius 1 is 1.11 bits per heavy atom. The molecule has 1 aromatic carbocycles. The monoisotopic (exact) mass is 373 g/mol. The van der Waals surface area contributed by atoms with E-state index in [4.69, 9.17) is 0 Å². The van der Waals surface area contributed by atoms with Gasteiger partial charge in [0.25, 0.3) is 0 Å². The quantitative estimate of drug-likeness (QED) is 0.712. The normalized spacial score (nSPS) is 23.9. The molecule has 0 radical (unpaired) electrons. The molecule has 28 heavy (non-hydrogen) atoms. The van der Waals surface area contributed by atoms with E-state index in [1.165, 1.54) is 0 Å². The Hall–Kier alpha value is -2.86. The zero-order valence-corrected chi connectivity index (χ0v) is 16.1. The van der Waals surface area contributed by atoms with Crippen LogP contribution in [0, 0.1) is 25.7 Å². The Morgan fingerprint density at radius 3 is 2.71 bits per heavy atom. The van der Waals surface area contributed by atoms with Gasteiger partial charge in [-0.25, -0.2) is 9.97 Å². The van der Waals surface area contributed by atoms with Crippen molar-refractivity contribution >= 4 is 22.6 Å². The number of pyridine rings is 1. The Kier molecular flexibility index (Phi) is 4.09. The van der Waals surface area contributed by atoms with E-state index < -0.39 is 0 Å². The highest BCUT2D eigenvalue weighted by atomic mass is 16.1. The van der Waals surface area contributed by atoms with Crippen LogP contribution in [0.4, 0.5) is 5.95 Å². The van der Waals surface area contributed by atoms with Gasteiger partial charge in [0.05, 0.1) is 11.6 Å². The molecular weight excluding hydrogens is 350 g/mol. The van der Waals surface area contributed by atoms with Crippen LogP contribution >= 0.6 is 0 Å². The third kappa shape index (κ3) is 2.85. The minimum absolute atomic E-state index is 0.139. The van der Waals surface area contributed by atoms with Crippen LogP contribution in [0.2, 0.25) is 0 Å². The number of Topliss-reactive ketones (excluding diaryl/α,β-unsaturated/α-hetero) is 1. The average Bonchev–Trinajstić information content (AvgIpc) is 3.27. The molecular formula is C22H23N5O. The van der Waals surface area contributed by atoms with Crippen molar-refractivity contribution in [2.24, 2.45) is 11.8 Å². The van der Waals surface area contributed by atoms with E-state index in [-0.39, 0.29) is 17.7 Å². The van der Waals surface area contributed by atoms with Crippen molar-refractivity contribution < 1.29 is 4.79 Å². The van der Waals surface area contributed by atoms with Crippen molar-refractivity contribution in [2.45, 2.75) is 19.9 Å². The first-order chi connectivity index (χ1) is 13.6. The first-order valence-electron chi connectivity index (χ1n) is 9.79. The molecule has 0 saturated carbocycles. The summed E-state index contributed by atoms with van der Waals surface area (Å²) >= 11 is 0. The van der Waals surface area contributed by atoms with E-state index in [9.17, 15) is 4.79 Å². The van der Waals surface area contributed by atoms with Gasteiger partial charge < -0.3 is 10.2 Å². The lowest BCUT2D eigenvalue weighted by Gasteiger charge is -2.21. The summed E-state index contributed by atoms with van der Waals surface area (Å²) in [7, 11) is 0. The molecule has 0 aliphatic carbocycles. The lowest BCUT2D eigenvalue weighted by Crippen LogP contribution is -2.39. The van der Waals surface area contributed by atoms with Crippen LogP contribution in [0.1, 0.15) is 21.7 Å². The first kappa shape index (κ1) is 17.3. The average molecular weight is 373 g/mol. The number of anilines is 1. The van der Waals surface area contributed by atoms with Crippen LogP contribution in [0.15, 0.2) is 42.6 Å². The molecule has 2 aromatic heterocycles. The van der Waals surface area contributed by atoms with Crippen molar-refractivity contribution in [1.82, 2.24) is 20.3 Å². The minimum atomic E-state index is -0.187. The molecule has 4 heterocycles. The van der Waals surface area contributed by atoms with Crippen LogP contribution in [0.5, 0.6) is 0 Å². The summed E-state index contributed by atoms with van der Waals surface area (Å²) in [5.74, 6) is 1.61. The summed E-state index contributed by atoms with van der Waals surface area (Å²) in [4.78, 5) is 29.3. The number of nitrogens with one attached hydrogen (secondary N) is 1. The highest BCUT2D eigenvalue weighted by Gasteiger charge is 2.46. The molecule has 2 fully saturated rings. The molecule has 3 aromatic rings. The molecule has 5 rings (SSSR count). The number of carbonyl (C=O) groups excluding carboxylic acids is 1. The van der Waals surface area contributed by atoms with Crippen molar-refractivity contribution in [2.75, 3.05) is 24.5 Å². The van der Waals surface area contributed by atoms with Crippen molar-refractivity contribution in [3.05, 3.63) is 59.5 Å². The molecule has 6 heteroatoms. The third-order valence-electron chi connectivity index (χ3n) is 5.95. The van der Waals surface area contributed by atoms with Gasteiger partial charge in [-0.2, -0.15) is 0 Å². The molecule has 2 aliphatic heterocycles. The lowest BCUT2D eigenvalue weighted by atomic mass is 9.89. The number of benzene rings is 1. The number of aryl methyl sites for hydroxylation is 2. The Bertz CT molecular complexity index is 1040. The fourth-order valence-corrected chi connectivity index (χ4v) is 4.69. The van der Waals surface area contributed by atoms with Crippen LogP contribution in [0.25, 0.3) is 10.9 Å². The molecule has 0 amide bonds. The van der Waals surface area contributed by atoms with Gasteiger partial charge in [-0.15, -0.1) is 0 Å². The summed E-state index contributed by atoms with van der Waals surface area (Å²) in [6.07, 6.45) is 1.75. The number of hydrogen-bond donors (Lipinski definition) is 1. The largest absolute Gasteiger partial charge is 0.340 e. The molecule has 142 valence electrons. The van der Waals surface area contributed by atoms with E-state index in [0.29, 0.717) is 11.5 Å². The summed E-state index contributed by atoms with van der Waals surface area (Å²) in [6.45, 7) is 6.53. The number of rotatable bonds is 3.